The van der Waals surface area contributed by atoms with Gasteiger partial charge in [-0.1, -0.05) is 0 Å². The van der Waals surface area contributed by atoms with Gasteiger partial charge in [-0.2, -0.15) is 0 Å². The molecule has 2 unspecified atom stereocenters. The molecule has 0 amide bonds. The van der Waals surface area contributed by atoms with Crippen LogP contribution >= 0.6 is 0 Å². The van der Waals surface area contributed by atoms with E-state index >= 15 is 0 Å². The van der Waals surface area contributed by atoms with Gasteiger partial charge in [0.15, 0.2) is 0 Å². The summed E-state index contributed by atoms with van der Waals surface area (Å²) in [5, 5.41) is 26.5. The van der Waals surface area contributed by atoms with E-state index in [2.05, 4.69) is 0 Å². The highest BCUT2D eigenvalue weighted by Gasteiger charge is 2.35. The van der Waals surface area contributed by atoms with Crippen molar-refractivity contribution in [2.24, 2.45) is 17.8 Å². The highest BCUT2D eigenvalue weighted by molar-refractivity contribution is 5.74. The van der Waals surface area contributed by atoms with Crippen LogP contribution in [0.25, 0.3) is 0 Å². The van der Waals surface area contributed by atoms with E-state index in [4.69, 9.17) is 15.3 Å². The standard InChI is InChI=1S/C9H14O5/c10-4-5-1-6(8(11)12)3-7(2-5)9(13)14/h5-7,10H,1-4H2,(H,11,12)(H,13,14). The third kappa shape index (κ3) is 2.45. The molecule has 2 atom stereocenters. The lowest BCUT2D eigenvalue weighted by atomic mass is 9.75. The Kier molecular flexibility index (Phi) is 3.46. The molecule has 1 rings (SSSR count). The van der Waals surface area contributed by atoms with E-state index in [1.165, 1.54) is 0 Å². The molecule has 14 heavy (non-hydrogen) atoms. The Morgan fingerprint density at radius 2 is 1.43 bits per heavy atom. The van der Waals surface area contributed by atoms with Crippen molar-refractivity contribution in [2.75, 3.05) is 6.61 Å². The predicted molar refractivity (Wildman–Crippen MR) is 46.7 cm³/mol. The maximum atomic E-state index is 10.7. The number of carboxylic acid groups (broad SMARTS) is 2. The molecule has 80 valence electrons. The Morgan fingerprint density at radius 1 is 1.00 bits per heavy atom. The summed E-state index contributed by atoms with van der Waals surface area (Å²) in [4.78, 5) is 21.4. The number of aliphatic hydroxyl groups excluding tert-OH is 1. The van der Waals surface area contributed by atoms with Gasteiger partial charge in [0.05, 0.1) is 11.8 Å². The van der Waals surface area contributed by atoms with Crippen LogP contribution in [0, 0.1) is 17.8 Å². The first-order valence-corrected chi connectivity index (χ1v) is 4.61. The average Bonchev–Trinajstić information content (AvgIpc) is 2.16. The van der Waals surface area contributed by atoms with Crippen LogP contribution in [-0.2, 0) is 9.59 Å². The van der Waals surface area contributed by atoms with Gasteiger partial charge in [0.2, 0.25) is 0 Å². The molecule has 1 aliphatic rings. The van der Waals surface area contributed by atoms with E-state index in [-0.39, 0.29) is 18.9 Å². The van der Waals surface area contributed by atoms with Gasteiger partial charge in [-0.3, -0.25) is 9.59 Å². The minimum absolute atomic E-state index is 0.131. The molecule has 0 spiro atoms. The lowest BCUT2D eigenvalue weighted by molar-refractivity contribution is -0.149. The van der Waals surface area contributed by atoms with Crippen LogP contribution in [0.3, 0.4) is 0 Å². The number of rotatable bonds is 3. The Balaban J connectivity index is 2.66. The highest BCUT2D eigenvalue weighted by atomic mass is 16.4. The van der Waals surface area contributed by atoms with Crippen LogP contribution in [0.1, 0.15) is 19.3 Å². The molecule has 5 heteroatoms. The van der Waals surface area contributed by atoms with Gasteiger partial charge in [0.25, 0.3) is 0 Å². The van der Waals surface area contributed by atoms with E-state index in [0.29, 0.717) is 12.8 Å². The summed E-state index contributed by atoms with van der Waals surface area (Å²) < 4.78 is 0. The number of hydrogen-bond acceptors (Lipinski definition) is 3. The second kappa shape index (κ2) is 4.41. The summed E-state index contributed by atoms with van der Waals surface area (Å²) in [5.41, 5.74) is 0. The molecule has 1 saturated carbocycles. The van der Waals surface area contributed by atoms with E-state index in [1.54, 1.807) is 0 Å². The Labute approximate surface area is 81.4 Å². The zero-order valence-corrected chi connectivity index (χ0v) is 7.72. The van der Waals surface area contributed by atoms with Crippen molar-refractivity contribution >= 4 is 11.9 Å². The van der Waals surface area contributed by atoms with Crippen molar-refractivity contribution in [1.82, 2.24) is 0 Å². The number of hydrogen-bond donors (Lipinski definition) is 3. The molecule has 1 aliphatic carbocycles. The van der Waals surface area contributed by atoms with E-state index in [1.807, 2.05) is 0 Å². The van der Waals surface area contributed by atoms with E-state index in [0.717, 1.165) is 0 Å². The minimum Gasteiger partial charge on any atom is -0.481 e. The van der Waals surface area contributed by atoms with E-state index in [9.17, 15) is 9.59 Å². The number of carbonyl (C=O) groups is 2. The van der Waals surface area contributed by atoms with Gasteiger partial charge in [-0.05, 0) is 25.2 Å². The molecule has 0 aromatic rings. The molecule has 0 saturated heterocycles. The second-order valence-electron chi connectivity index (χ2n) is 3.83. The molecular formula is C9H14O5. The molecule has 3 N–H and O–H groups in total. The maximum Gasteiger partial charge on any atom is 0.306 e. The molecule has 0 aliphatic heterocycles. The lowest BCUT2D eigenvalue weighted by Crippen LogP contribution is -2.33. The highest BCUT2D eigenvalue weighted by Crippen LogP contribution is 2.33. The van der Waals surface area contributed by atoms with Crippen molar-refractivity contribution in [3.8, 4) is 0 Å². The smallest absolute Gasteiger partial charge is 0.306 e. The van der Waals surface area contributed by atoms with Crippen molar-refractivity contribution in [1.29, 1.82) is 0 Å². The molecule has 0 bridgehead atoms. The van der Waals surface area contributed by atoms with Crippen LogP contribution in [-0.4, -0.2) is 33.9 Å². The lowest BCUT2D eigenvalue weighted by Gasteiger charge is -2.29. The van der Waals surface area contributed by atoms with Crippen LogP contribution in [0.2, 0.25) is 0 Å². The second-order valence-corrected chi connectivity index (χ2v) is 3.83. The van der Waals surface area contributed by atoms with Gasteiger partial charge in [-0.25, -0.2) is 0 Å². The maximum absolute atomic E-state index is 10.7. The Morgan fingerprint density at radius 3 is 1.71 bits per heavy atom. The number of aliphatic carboxylic acids is 2. The van der Waals surface area contributed by atoms with Crippen LogP contribution in [0.15, 0.2) is 0 Å². The van der Waals surface area contributed by atoms with Gasteiger partial charge in [-0.15, -0.1) is 0 Å². The topological polar surface area (TPSA) is 94.8 Å². The summed E-state index contributed by atoms with van der Waals surface area (Å²) >= 11 is 0. The fourth-order valence-electron chi connectivity index (χ4n) is 1.99. The van der Waals surface area contributed by atoms with Crippen molar-refractivity contribution < 1.29 is 24.9 Å². The summed E-state index contributed by atoms with van der Waals surface area (Å²) in [6.45, 7) is -0.131. The monoisotopic (exact) mass is 202 g/mol. The first-order valence-electron chi connectivity index (χ1n) is 4.61. The van der Waals surface area contributed by atoms with Crippen molar-refractivity contribution in [3.05, 3.63) is 0 Å². The fraction of sp³-hybridized carbons (Fsp3) is 0.778. The van der Waals surface area contributed by atoms with Crippen LogP contribution in [0.5, 0.6) is 0 Å². The fourth-order valence-corrected chi connectivity index (χ4v) is 1.99. The molecule has 5 nitrogen and oxygen atoms in total. The summed E-state index contributed by atoms with van der Waals surface area (Å²) in [7, 11) is 0. The molecular weight excluding hydrogens is 188 g/mol. The zero-order chi connectivity index (χ0) is 10.7. The number of aliphatic hydroxyl groups is 1. The first-order chi connectivity index (χ1) is 6.54. The zero-order valence-electron chi connectivity index (χ0n) is 7.72. The summed E-state index contributed by atoms with van der Waals surface area (Å²) in [5.74, 6) is -3.36. The van der Waals surface area contributed by atoms with Gasteiger partial charge in [0, 0.05) is 6.61 Å². The normalized spacial score (nSPS) is 32.5. The third-order valence-corrected chi connectivity index (χ3v) is 2.76. The van der Waals surface area contributed by atoms with Crippen molar-refractivity contribution in [3.63, 3.8) is 0 Å². The predicted octanol–water partition coefficient (Wildman–Crippen LogP) is 0.180. The van der Waals surface area contributed by atoms with Crippen LogP contribution < -0.4 is 0 Å². The van der Waals surface area contributed by atoms with Crippen molar-refractivity contribution in [2.45, 2.75) is 19.3 Å². The number of carboxylic acids is 2. The summed E-state index contributed by atoms with van der Waals surface area (Å²) in [6.07, 6.45) is 0.951. The largest absolute Gasteiger partial charge is 0.481 e. The molecule has 0 radical (unpaired) electrons. The third-order valence-electron chi connectivity index (χ3n) is 2.76. The average molecular weight is 202 g/mol. The minimum atomic E-state index is -0.964. The molecule has 0 aromatic carbocycles. The van der Waals surface area contributed by atoms with Gasteiger partial charge in [0.1, 0.15) is 0 Å². The SMILES string of the molecule is O=C(O)C1CC(CO)CC(C(=O)O)C1. The summed E-state index contributed by atoms with van der Waals surface area (Å²) in [6, 6.07) is 0. The quantitative estimate of drug-likeness (QED) is 0.606. The first kappa shape index (κ1) is 11.0. The Bertz CT molecular complexity index is 215. The Hall–Kier alpha value is -1.10. The molecule has 1 fully saturated rings. The van der Waals surface area contributed by atoms with Gasteiger partial charge >= 0.3 is 11.9 Å². The molecule has 0 aromatic heterocycles. The van der Waals surface area contributed by atoms with E-state index < -0.39 is 23.8 Å². The van der Waals surface area contributed by atoms with Crippen LogP contribution in [0.4, 0.5) is 0 Å². The van der Waals surface area contributed by atoms with Gasteiger partial charge < -0.3 is 15.3 Å². The molecule has 0 heterocycles.